The molecule has 0 aliphatic heterocycles. The van der Waals surface area contributed by atoms with Crippen LogP contribution >= 0.6 is 0 Å². The molecule has 4 nitrogen and oxygen atoms in total. The highest BCUT2D eigenvalue weighted by atomic mass is 16.5. The SMILES string of the molecule is CCCCCCCC1CCC(C(=O)Oc2ccc(-c3ncc(C4CCC(CCC)CC4)cn3)cc2)CC1. The van der Waals surface area contributed by atoms with Gasteiger partial charge in [-0.25, -0.2) is 9.97 Å². The van der Waals surface area contributed by atoms with Crippen molar-refractivity contribution in [2.45, 2.75) is 122 Å². The number of carbonyl (C=O) groups is 1. The molecule has 0 saturated heterocycles. The van der Waals surface area contributed by atoms with Gasteiger partial charge in [0.15, 0.2) is 5.82 Å². The Hall–Kier alpha value is -2.23. The summed E-state index contributed by atoms with van der Waals surface area (Å²) in [5.41, 5.74) is 2.23. The van der Waals surface area contributed by atoms with Crippen LogP contribution in [0.3, 0.4) is 0 Å². The second-order valence-electron chi connectivity index (χ2n) is 11.7. The van der Waals surface area contributed by atoms with Gasteiger partial charge < -0.3 is 4.74 Å². The van der Waals surface area contributed by atoms with E-state index in [2.05, 4.69) is 23.8 Å². The molecule has 1 aromatic carbocycles. The molecule has 2 aliphatic rings. The average molecular weight is 505 g/mol. The third-order valence-corrected chi connectivity index (χ3v) is 8.91. The predicted molar refractivity (Wildman–Crippen MR) is 152 cm³/mol. The van der Waals surface area contributed by atoms with E-state index >= 15 is 0 Å². The van der Waals surface area contributed by atoms with E-state index in [0.717, 1.165) is 36.1 Å². The molecule has 2 aliphatic carbocycles. The molecule has 0 radical (unpaired) electrons. The summed E-state index contributed by atoms with van der Waals surface area (Å²) >= 11 is 0. The first kappa shape index (κ1) is 27.8. The Kier molecular flexibility index (Phi) is 11.0. The number of hydrogen-bond acceptors (Lipinski definition) is 4. The van der Waals surface area contributed by atoms with Crippen molar-refractivity contribution in [3.8, 4) is 17.1 Å². The highest BCUT2D eigenvalue weighted by molar-refractivity contribution is 5.75. The van der Waals surface area contributed by atoms with Crippen molar-refractivity contribution in [2.24, 2.45) is 17.8 Å². The minimum Gasteiger partial charge on any atom is -0.426 e. The zero-order valence-electron chi connectivity index (χ0n) is 23.3. The fourth-order valence-electron chi connectivity index (χ4n) is 6.49. The molecule has 0 spiro atoms. The first-order valence-corrected chi connectivity index (χ1v) is 15.3. The molecule has 1 heterocycles. The summed E-state index contributed by atoms with van der Waals surface area (Å²) < 4.78 is 5.75. The van der Waals surface area contributed by atoms with Gasteiger partial charge in [-0.05, 0) is 98.9 Å². The van der Waals surface area contributed by atoms with Crippen molar-refractivity contribution < 1.29 is 9.53 Å². The molecular formula is C33H48N2O2. The van der Waals surface area contributed by atoms with Crippen LogP contribution in [0.4, 0.5) is 0 Å². The maximum atomic E-state index is 12.8. The lowest BCUT2D eigenvalue weighted by Crippen LogP contribution is -2.25. The van der Waals surface area contributed by atoms with Gasteiger partial charge in [0.05, 0.1) is 5.92 Å². The molecule has 4 rings (SSSR count). The Bertz CT molecular complexity index is 924. The summed E-state index contributed by atoms with van der Waals surface area (Å²) in [6.07, 6.45) is 24.2. The molecule has 2 fully saturated rings. The van der Waals surface area contributed by atoms with Gasteiger partial charge in [0.2, 0.25) is 0 Å². The van der Waals surface area contributed by atoms with Crippen LogP contribution in [-0.4, -0.2) is 15.9 Å². The van der Waals surface area contributed by atoms with Crippen LogP contribution in [0.5, 0.6) is 5.75 Å². The van der Waals surface area contributed by atoms with Gasteiger partial charge in [-0.3, -0.25) is 4.79 Å². The first-order valence-electron chi connectivity index (χ1n) is 15.3. The third-order valence-electron chi connectivity index (χ3n) is 8.91. The summed E-state index contributed by atoms with van der Waals surface area (Å²) in [6.45, 7) is 4.55. The van der Waals surface area contributed by atoms with Gasteiger partial charge in [-0.2, -0.15) is 0 Å². The summed E-state index contributed by atoms with van der Waals surface area (Å²) in [6, 6.07) is 7.68. The summed E-state index contributed by atoms with van der Waals surface area (Å²) in [7, 11) is 0. The highest BCUT2D eigenvalue weighted by Crippen LogP contribution is 2.37. The number of aromatic nitrogens is 2. The normalized spacial score (nSPS) is 24.1. The minimum atomic E-state index is -0.0663. The third kappa shape index (κ3) is 8.38. The molecule has 4 heteroatoms. The van der Waals surface area contributed by atoms with Crippen LogP contribution in [0.25, 0.3) is 11.4 Å². The Morgan fingerprint density at radius 1 is 0.757 bits per heavy atom. The van der Waals surface area contributed by atoms with Crippen molar-refractivity contribution in [1.82, 2.24) is 9.97 Å². The monoisotopic (exact) mass is 504 g/mol. The van der Waals surface area contributed by atoms with Gasteiger partial charge in [0.25, 0.3) is 0 Å². The lowest BCUT2D eigenvalue weighted by molar-refractivity contribution is -0.140. The molecule has 202 valence electrons. The van der Waals surface area contributed by atoms with E-state index in [-0.39, 0.29) is 11.9 Å². The second-order valence-corrected chi connectivity index (χ2v) is 11.7. The van der Waals surface area contributed by atoms with Gasteiger partial charge >= 0.3 is 5.97 Å². The maximum Gasteiger partial charge on any atom is 0.314 e. The number of esters is 1. The van der Waals surface area contributed by atoms with E-state index in [1.165, 1.54) is 95.5 Å². The molecule has 0 amide bonds. The largest absolute Gasteiger partial charge is 0.426 e. The average Bonchev–Trinajstić information content (AvgIpc) is 2.94. The van der Waals surface area contributed by atoms with E-state index < -0.39 is 0 Å². The number of nitrogens with zero attached hydrogens (tertiary/aromatic N) is 2. The van der Waals surface area contributed by atoms with Crippen LogP contribution < -0.4 is 4.74 Å². The Morgan fingerprint density at radius 2 is 1.38 bits per heavy atom. The van der Waals surface area contributed by atoms with Crippen molar-refractivity contribution >= 4 is 5.97 Å². The quantitative estimate of drug-likeness (QED) is 0.164. The zero-order valence-corrected chi connectivity index (χ0v) is 23.3. The molecule has 1 aromatic heterocycles. The number of benzene rings is 1. The van der Waals surface area contributed by atoms with Crippen LogP contribution in [0.2, 0.25) is 0 Å². The van der Waals surface area contributed by atoms with Crippen LogP contribution in [0.15, 0.2) is 36.7 Å². The summed E-state index contributed by atoms with van der Waals surface area (Å²) in [5.74, 6) is 3.64. The Labute approximate surface area is 225 Å². The van der Waals surface area contributed by atoms with Crippen molar-refractivity contribution in [1.29, 1.82) is 0 Å². The number of hydrogen-bond donors (Lipinski definition) is 0. The fraction of sp³-hybridized carbons (Fsp3) is 0.667. The van der Waals surface area contributed by atoms with Crippen LogP contribution in [0, 0.1) is 17.8 Å². The molecule has 0 bridgehead atoms. The molecule has 2 aromatic rings. The molecule has 0 N–H and O–H groups in total. The van der Waals surface area contributed by atoms with Gasteiger partial charge in [0, 0.05) is 18.0 Å². The van der Waals surface area contributed by atoms with E-state index in [1.807, 2.05) is 36.7 Å². The second kappa shape index (κ2) is 14.6. The van der Waals surface area contributed by atoms with E-state index in [9.17, 15) is 4.79 Å². The number of rotatable bonds is 12. The number of carbonyl (C=O) groups excluding carboxylic acids is 1. The maximum absolute atomic E-state index is 12.8. The van der Waals surface area contributed by atoms with Crippen LogP contribution in [0.1, 0.15) is 128 Å². The van der Waals surface area contributed by atoms with E-state index in [1.54, 1.807) is 0 Å². The first-order chi connectivity index (χ1) is 18.2. The van der Waals surface area contributed by atoms with Crippen LogP contribution in [-0.2, 0) is 4.79 Å². The number of unbranched alkanes of at least 4 members (excludes halogenated alkanes) is 4. The topological polar surface area (TPSA) is 52.1 Å². The molecular weight excluding hydrogens is 456 g/mol. The molecule has 2 saturated carbocycles. The fourth-order valence-corrected chi connectivity index (χ4v) is 6.49. The molecule has 0 atom stereocenters. The lowest BCUT2D eigenvalue weighted by atomic mass is 9.78. The Morgan fingerprint density at radius 3 is 2.03 bits per heavy atom. The minimum absolute atomic E-state index is 0.0453. The Balaban J connectivity index is 1.21. The van der Waals surface area contributed by atoms with E-state index in [0.29, 0.717) is 11.7 Å². The lowest BCUT2D eigenvalue weighted by Gasteiger charge is -2.28. The standard InChI is InChI=1S/C33H48N2O2/c1-3-5-6-7-8-10-26-13-17-29(18-14-26)33(36)37-31-21-19-28(20-22-31)32-34-23-30(24-35-32)27-15-11-25(9-4-2)12-16-27/h19-27,29H,3-18H2,1-2H3. The predicted octanol–water partition coefficient (Wildman–Crippen LogP) is 9.29. The van der Waals surface area contributed by atoms with Crippen molar-refractivity contribution in [3.05, 3.63) is 42.2 Å². The van der Waals surface area contributed by atoms with Crippen molar-refractivity contribution in [2.75, 3.05) is 0 Å². The summed E-state index contributed by atoms with van der Waals surface area (Å²) in [5, 5.41) is 0. The van der Waals surface area contributed by atoms with Gasteiger partial charge in [-0.1, -0.05) is 65.2 Å². The molecule has 0 unspecified atom stereocenters. The summed E-state index contributed by atoms with van der Waals surface area (Å²) in [4.78, 5) is 22.1. The van der Waals surface area contributed by atoms with Gasteiger partial charge in [-0.15, -0.1) is 0 Å². The highest BCUT2D eigenvalue weighted by Gasteiger charge is 2.27. The van der Waals surface area contributed by atoms with Crippen molar-refractivity contribution in [3.63, 3.8) is 0 Å². The van der Waals surface area contributed by atoms with E-state index in [4.69, 9.17) is 4.74 Å². The zero-order chi connectivity index (χ0) is 25.9. The smallest absolute Gasteiger partial charge is 0.314 e. The van der Waals surface area contributed by atoms with Gasteiger partial charge in [0.1, 0.15) is 5.75 Å². The number of ether oxygens (including phenoxy) is 1. The molecule has 37 heavy (non-hydrogen) atoms.